The van der Waals surface area contributed by atoms with Gasteiger partial charge < -0.3 is 14.2 Å². The van der Waals surface area contributed by atoms with Gasteiger partial charge in [-0.25, -0.2) is 4.79 Å². The number of ether oxygens (including phenoxy) is 1. The molecule has 1 aliphatic rings. The summed E-state index contributed by atoms with van der Waals surface area (Å²) >= 11 is 0. The maximum atomic E-state index is 12.2. The highest BCUT2D eigenvalue weighted by molar-refractivity contribution is 7.86. The summed E-state index contributed by atoms with van der Waals surface area (Å²) in [5, 5.41) is 2.36. The van der Waals surface area contributed by atoms with E-state index < -0.39 is 22.0 Å². The van der Waals surface area contributed by atoms with Gasteiger partial charge in [-0.15, -0.1) is 0 Å². The van der Waals surface area contributed by atoms with Gasteiger partial charge >= 0.3 is 16.1 Å². The van der Waals surface area contributed by atoms with Crippen molar-refractivity contribution in [3.05, 3.63) is 52.9 Å². The molecule has 1 aromatic carbocycles. The van der Waals surface area contributed by atoms with E-state index in [4.69, 9.17) is 4.18 Å². The summed E-state index contributed by atoms with van der Waals surface area (Å²) in [5.41, 5.74) is 1.23. The fourth-order valence-corrected chi connectivity index (χ4v) is 2.84. The van der Waals surface area contributed by atoms with Gasteiger partial charge in [-0.3, -0.25) is 4.79 Å². The number of rotatable bonds is 4. The summed E-state index contributed by atoms with van der Waals surface area (Å²) < 4.78 is 33.9. The molecule has 0 bridgehead atoms. The Balaban J connectivity index is 2.34. The minimum absolute atomic E-state index is 0.0680. The van der Waals surface area contributed by atoms with E-state index in [2.05, 4.69) is 10.1 Å². The van der Waals surface area contributed by atoms with Crippen LogP contribution >= 0.6 is 0 Å². The predicted molar refractivity (Wildman–Crippen MR) is 80.4 cm³/mol. The third kappa shape index (κ3) is 3.59. The summed E-state index contributed by atoms with van der Waals surface area (Å²) in [6.07, 6.45) is 1.04. The van der Waals surface area contributed by atoms with Crippen LogP contribution in [-0.4, -0.2) is 27.4 Å². The van der Waals surface area contributed by atoms with Crippen LogP contribution in [0.15, 0.2) is 52.3 Å². The number of aryl methyl sites for hydroxylation is 1. The van der Waals surface area contributed by atoms with Crippen molar-refractivity contribution in [2.45, 2.75) is 18.7 Å². The Bertz CT molecular complexity index is 818. The van der Waals surface area contributed by atoms with Gasteiger partial charge in [-0.2, -0.15) is 8.42 Å². The topological polar surface area (TPSA) is 98.8 Å². The Morgan fingerprint density at radius 1 is 1.17 bits per heavy atom. The van der Waals surface area contributed by atoms with Gasteiger partial charge in [0.2, 0.25) is 5.76 Å². The number of allylic oxidation sites excluding steroid dienone is 1. The zero-order chi connectivity index (χ0) is 17.2. The maximum Gasteiger partial charge on any atom is 0.339 e. The summed E-state index contributed by atoms with van der Waals surface area (Å²) in [7, 11) is -2.96. The quantitative estimate of drug-likeness (QED) is 0.503. The number of methoxy groups -OCH3 is 1. The summed E-state index contributed by atoms with van der Waals surface area (Å²) in [6.45, 7) is 3.28. The summed E-state index contributed by atoms with van der Waals surface area (Å²) in [6, 6.07) is 6.01. The second kappa shape index (κ2) is 6.25. The molecular weight excluding hydrogens is 322 g/mol. The fraction of sp³-hybridized carbons (Fsp3) is 0.200. The number of carbonyl (C=O) groups excluding carboxylic acids is 2. The smallest absolute Gasteiger partial charge is 0.339 e. The van der Waals surface area contributed by atoms with E-state index in [0.29, 0.717) is 0 Å². The van der Waals surface area contributed by atoms with Crippen LogP contribution in [0.4, 0.5) is 0 Å². The molecule has 0 aromatic heterocycles. The number of esters is 1. The van der Waals surface area contributed by atoms with Crippen molar-refractivity contribution < 1.29 is 26.9 Å². The Morgan fingerprint density at radius 2 is 1.78 bits per heavy atom. The lowest BCUT2D eigenvalue weighted by Gasteiger charge is -2.07. The maximum absolute atomic E-state index is 12.2. The van der Waals surface area contributed by atoms with E-state index in [1.807, 2.05) is 6.92 Å². The summed E-state index contributed by atoms with van der Waals surface area (Å²) in [4.78, 5) is 23.0. The molecule has 0 atom stereocenters. The van der Waals surface area contributed by atoms with E-state index >= 15 is 0 Å². The van der Waals surface area contributed by atoms with Crippen molar-refractivity contribution >= 4 is 22.0 Å². The van der Waals surface area contributed by atoms with Crippen LogP contribution in [0.5, 0.6) is 0 Å². The molecule has 2 rings (SSSR count). The van der Waals surface area contributed by atoms with Gasteiger partial charge in [-0.05, 0) is 26.0 Å². The standard InChI is InChI=1S/C15H15NO6S/c1-9-4-6-11(7-5-9)23(19,20)22-14-10(2)12(16-15(14)18)8-13(17)21-3/h4-8H,1-3H3,(H,16,18)/b12-8-. The van der Waals surface area contributed by atoms with E-state index in [9.17, 15) is 18.0 Å². The Kier molecular flexibility index (Phi) is 4.55. The number of amides is 1. The average molecular weight is 337 g/mol. The lowest BCUT2D eigenvalue weighted by atomic mass is 10.2. The minimum Gasteiger partial charge on any atom is -0.466 e. The molecule has 23 heavy (non-hydrogen) atoms. The second-order valence-corrected chi connectivity index (χ2v) is 6.39. The van der Waals surface area contributed by atoms with E-state index in [1.54, 1.807) is 12.1 Å². The zero-order valence-electron chi connectivity index (χ0n) is 12.7. The van der Waals surface area contributed by atoms with Crippen LogP contribution in [-0.2, 0) is 28.6 Å². The minimum atomic E-state index is -4.15. The third-order valence-electron chi connectivity index (χ3n) is 3.17. The lowest BCUT2D eigenvalue weighted by molar-refractivity contribution is -0.134. The summed E-state index contributed by atoms with van der Waals surface area (Å²) in [5.74, 6) is -1.80. The first-order chi connectivity index (χ1) is 10.7. The molecule has 122 valence electrons. The van der Waals surface area contributed by atoms with Crippen LogP contribution in [0.25, 0.3) is 0 Å². The molecule has 0 unspecified atom stereocenters. The SMILES string of the molecule is COC(=O)/C=C1\NC(=O)C(OS(=O)(=O)c2ccc(C)cc2)=C1C. The van der Waals surface area contributed by atoms with Crippen molar-refractivity contribution in [1.29, 1.82) is 0 Å². The molecule has 1 N–H and O–H groups in total. The Morgan fingerprint density at radius 3 is 2.35 bits per heavy atom. The first-order valence-corrected chi connectivity index (χ1v) is 7.99. The molecule has 0 aliphatic carbocycles. The molecule has 0 fully saturated rings. The van der Waals surface area contributed by atoms with Crippen molar-refractivity contribution in [2.75, 3.05) is 7.11 Å². The first-order valence-electron chi connectivity index (χ1n) is 6.58. The van der Waals surface area contributed by atoms with Gasteiger partial charge in [0.15, 0.2) is 0 Å². The van der Waals surface area contributed by atoms with Crippen molar-refractivity contribution in [3.63, 3.8) is 0 Å². The highest BCUT2D eigenvalue weighted by Gasteiger charge is 2.31. The molecule has 1 aromatic rings. The van der Waals surface area contributed by atoms with Gasteiger partial charge in [0.25, 0.3) is 5.91 Å². The molecule has 0 spiro atoms. The number of hydrogen-bond donors (Lipinski definition) is 1. The van der Waals surface area contributed by atoms with Crippen molar-refractivity contribution in [3.8, 4) is 0 Å². The highest BCUT2D eigenvalue weighted by Crippen LogP contribution is 2.25. The molecule has 8 heteroatoms. The second-order valence-electron chi connectivity index (χ2n) is 4.84. The van der Waals surface area contributed by atoms with Gasteiger partial charge in [0.1, 0.15) is 4.90 Å². The molecule has 1 amide bonds. The molecule has 0 radical (unpaired) electrons. The van der Waals surface area contributed by atoms with Crippen molar-refractivity contribution in [1.82, 2.24) is 5.32 Å². The number of benzene rings is 1. The van der Waals surface area contributed by atoms with E-state index in [1.165, 1.54) is 26.2 Å². The molecule has 1 heterocycles. The van der Waals surface area contributed by atoms with E-state index in [0.717, 1.165) is 11.6 Å². The zero-order valence-corrected chi connectivity index (χ0v) is 13.6. The van der Waals surface area contributed by atoms with Gasteiger partial charge in [0.05, 0.1) is 12.8 Å². The van der Waals surface area contributed by atoms with Crippen LogP contribution in [0.2, 0.25) is 0 Å². The number of hydrogen-bond acceptors (Lipinski definition) is 6. The molecular formula is C15H15NO6S. The lowest BCUT2D eigenvalue weighted by Crippen LogP contribution is -2.20. The Labute approximate surface area is 133 Å². The molecule has 1 aliphatic heterocycles. The van der Waals surface area contributed by atoms with Gasteiger partial charge in [0, 0.05) is 11.6 Å². The first kappa shape index (κ1) is 16.8. The van der Waals surface area contributed by atoms with Crippen molar-refractivity contribution in [2.24, 2.45) is 0 Å². The normalized spacial score (nSPS) is 16.5. The Hall–Kier alpha value is -2.61. The molecule has 0 saturated heterocycles. The van der Waals surface area contributed by atoms with Crippen LogP contribution in [0, 0.1) is 6.92 Å². The third-order valence-corrected chi connectivity index (χ3v) is 4.40. The number of nitrogens with one attached hydrogen (secondary N) is 1. The average Bonchev–Trinajstić information content (AvgIpc) is 2.75. The molecule has 0 saturated carbocycles. The van der Waals surface area contributed by atoms with Crippen LogP contribution < -0.4 is 5.32 Å². The molecule has 7 nitrogen and oxygen atoms in total. The monoisotopic (exact) mass is 337 g/mol. The predicted octanol–water partition coefficient (Wildman–Crippen LogP) is 1.16. The van der Waals surface area contributed by atoms with Crippen LogP contribution in [0.3, 0.4) is 0 Å². The van der Waals surface area contributed by atoms with Gasteiger partial charge in [-0.1, -0.05) is 17.7 Å². The largest absolute Gasteiger partial charge is 0.466 e. The van der Waals surface area contributed by atoms with Crippen LogP contribution in [0.1, 0.15) is 12.5 Å². The number of carbonyl (C=O) groups is 2. The van der Waals surface area contributed by atoms with E-state index in [-0.39, 0.29) is 21.9 Å². The highest BCUT2D eigenvalue weighted by atomic mass is 32.2. The fourth-order valence-electron chi connectivity index (χ4n) is 1.85.